The Hall–Kier alpha value is -2.24. The second-order valence-corrected chi connectivity index (χ2v) is 3.85. The van der Waals surface area contributed by atoms with Crippen LogP contribution >= 0.6 is 0 Å². The summed E-state index contributed by atoms with van der Waals surface area (Å²) in [5.41, 5.74) is 1.09. The molecule has 1 aromatic rings. The minimum Gasteiger partial charge on any atom is -0.465 e. The van der Waals surface area contributed by atoms with Gasteiger partial charge in [0, 0.05) is 17.4 Å². The first-order valence-electron chi connectivity index (χ1n) is 5.25. The summed E-state index contributed by atoms with van der Waals surface area (Å²) in [4.78, 5) is 33.0. The number of benzene rings is 1. The zero-order chi connectivity index (χ0) is 13.9. The highest BCUT2D eigenvalue weighted by Gasteiger charge is 2.25. The number of hydrogen-bond acceptors (Lipinski definition) is 5. The van der Waals surface area contributed by atoms with Gasteiger partial charge in [0.15, 0.2) is 0 Å². The van der Waals surface area contributed by atoms with Gasteiger partial charge in [-0.1, -0.05) is 6.07 Å². The van der Waals surface area contributed by atoms with Crippen LogP contribution in [0.2, 0.25) is 0 Å². The van der Waals surface area contributed by atoms with Gasteiger partial charge in [-0.3, -0.25) is 14.9 Å². The Balaban J connectivity index is 3.08. The summed E-state index contributed by atoms with van der Waals surface area (Å²) in [7, 11) is 1.26. The molecule has 0 bridgehead atoms. The zero-order valence-corrected chi connectivity index (χ0v) is 10.3. The standard InChI is InChI=1S/C12H13NO5/c1-7-6-9(11(14)8(2)13(16)17)4-5-10(7)12(15)18-3/h4-6,8H,1-3H3. The SMILES string of the molecule is COC(=O)c1ccc(C(=O)C(C)[N+](=O)[O-])cc1C. The average Bonchev–Trinajstić information content (AvgIpc) is 2.35. The van der Waals surface area contributed by atoms with Crippen LogP contribution in [0.3, 0.4) is 0 Å². The lowest BCUT2D eigenvalue weighted by atomic mass is 10.00. The monoisotopic (exact) mass is 251 g/mol. The predicted octanol–water partition coefficient (Wildman–Crippen LogP) is 1.63. The Kier molecular flexibility index (Phi) is 4.14. The van der Waals surface area contributed by atoms with Gasteiger partial charge in [0.1, 0.15) is 0 Å². The van der Waals surface area contributed by atoms with Crippen LogP contribution in [0.4, 0.5) is 0 Å². The molecule has 0 amide bonds. The quantitative estimate of drug-likeness (QED) is 0.351. The van der Waals surface area contributed by atoms with Crippen LogP contribution in [0, 0.1) is 17.0 Å². The van der Waals surface area contributed by atoms with Crippen molar-refractivity contribution in [2.45, 2.75) is 19.9 Å². The summed E-state index contributed by atoms with van der Waals surface area (Å²) >= 11 is 0. The van der Waals surface area contributed by atoms with E-state index in [9.17, 15) is 19.7 Å². The maximum Gasteiger partial charge on any atom is 0.338 e. The highest BCUT2D eigenvalue weighted by atomic mass is 16.6. The van der Waals surface area contributed by atoms with Crippen molar-refractivity contribution in [3.05, 3.63) is 45.0 Å². The van der Waals surface area contributed by atoms with Crippen molar-refractivity contribution in [2.75, 3.05) is 7.11 Å². The number of aryl methyl sites for hydroxylation is 1. The molecule has 1 atom stereocenters. The van der Waals surface area contributed by atoms with E-state index >= 15 is 0 Å². The van der Waals surface area contributed by atoms with E-state index < -0.39 is 22.7 Å². The summed E-state index contributed by atoms with van der Waals surface area (Å²) in [5, 5.41) is 10.5. The number of carbonyl (C=O) groups is 2. The van der Waals surface area contributed by atoms with Crippen LogP contribution < -0.4 is 0 Å². The van der Waals surface area contributed by atoms with Crippen LogP contribution in [0.25, 0.3) is 0 Å². The van der Waals surface area contributed by atoms with E-state index in [1.54, 1.807) is 6.92 Å². The molecule has 1 rings (SSSR count). The highest BCUT2D eigenvalue weighted by Crippen LogP contribution is 2.14. The number of esters is 1. The first-order chi connectivity index (χ1) is 8.38. The van der Waals surface area contributed by atoms with Crippen molar-refractivity contribution >= 4 is 11.8 Å². The molecule has 0 spiro atoms. The number of hydrogen-bond donors (Lipinski definition) is 0. The van der Waals surface area contributed by atoms with E-state index in [2.05, 4.69) is 4.74 Å². The molecule has 0 aromatic heterocycles. The van der Waals surface area contributed by atoms with Crippen molar-refractivity contribution in [2.24, 2.45) is 0 Å². The fourth-order valence-electron chi connectivity index (χ4n) is 1.49. The van der Waals surface area contributed by atoms with Crippen LogP contribution in [0.1, 0.15) is 33.2 Å². The number of ether oxygens (including phenoxy) is 1. The van der Waals surface area contributed by atoms with E-state index in [4.69, 9.17) is 0 Å². The number of rotatable bonds is 4. The van der Waals surface area contributed by atoms with Crippen LogP contribution in [-0.2, 0) is 4.74 Å². The molecule has 0 fully saturated rings. The normalized spacial score (nSPS) is 11.7. The zero-order valence-electron chi connectivity index (χ0n) is 10.3. The third-order valence-corrected chi connectivity index (χ3v) is 2.61. The smallest absolute Gasteiger partial charge is 0.338 e. The molecule has 0 N–H and O–H groups in total. The Morgan fingerprint density at radius 1 is 1.39 bits per heavy atom. The molecule has 0 heterocycles. The summed E-state index contributed by atoms with van der Waals surface area (Å²) in [6.45, 7) is 2.87. The van der Waals surface area contributed by atoms with Crippen molar-refractivity contribution in [1.29, 1.82) is 0 Å². The van der Waals surface area contributed by atoms with Gasteiger partial charge in [-0.05, 0) is 24.6 Å². The minimum absolute atomic E-state index is 0.212. The molecule has 0 aliphatic heterocycles. The Morgan fingerprint density at radius 3 is 2.44 bits per heavy atom. The lowest BCUT2D eigenvalue weighted by molar-refractivity contribution is -0.500. The topological polar surface area (TPSA) is 86.5 Å². The Morgan fingerprint density at radius 2 is 2.00 bits per heavy atom. The van der Waals surface area contributed by atoms with Gasteiger partial charge in [0.2, 0.25) is 5.78 Å². The van der Waals surface area contributed by atoms with Crippen molar-refractivity contribution in [1.82, 2.24) is 0 Å². The number of carbonyl (C=O) groups excluding carboxylic acids is 2. The average molecular weight is 251 g/mol. The maximum atomic E-state index is 11.7. The van der Waals surface area contributed by atoms with Gasteiger partial charge in [-0.15, -0.1) is 0 Å². The largest absolute Gasteiger partial charge is 0.465 e. The van der Waals surface area contributed by atoms with E-state index in [1.165, 1.54) is 32.2 Å². The first kappa shape index (κ1) is 13.8. The summed E-state index contributed by atoms with van der Waals surface area (Å²) < 4.78 is 4.57. The molecule has 0 saturated carbocycles. The third kappa shape index (κ3) is 2.71. The predicted molar refractivity (Wildman–Crippen MR) is 63.3 cm³/mol. The van der Waals surface area contributed by atoms with Crippen LogP contribution in [0.15, 0.2) is 18.2 Å². The molecule has 0 aliphatic rings. The molecule has 96 valence electrons. The Bertz CT molecular complexity index is 509. The van der Waals surface area contributed by atoms with Gasteiger partial charge < -0.3 is 4.74 Å². The third-order valence-electron chi connectivity index (χ3n) is 2.61. The van der Waals surface area contributed by atoms with Gasteiger partial charge in [-0.25, -0.2) is 4.79 Å². The Labute approximate surface area is 104 Å². The van der Waals surface area contributed by atoms with Crippen LogP contribution in [0.5, 0.6) is 0 Å². The number of nitro groups is 1. The second kappa shape index (κ2) is 5.39. The maximum absolute atomic E-state index is 11.7. The minimum atomic E-state index is -1.30. The highest BCUT2D eigenvalue weighted by molar-refractivity contribution is 6.00. The number of ketones is 1. The molecular weight excluding hydrogens is 238 g/mol. The van der Waals surface area contributed by atoms with Crippen molar-refractivity contribution < 1.29 is 19.2 Å². The van der Waals surface area contributed by atoms with E-state index in [0.717, 1.165) is 0 Å². The molecule has 6 nitrogen and oxygen atoms in total. The molecule has 0 aliphatic carbocycles. The molecular formula is C12H13NO5. The number of Topliss-reactive ketones (excluding diaryl/α,β-unsaturated/α-hetero) is 1. The van der Waals surface area contributed by atoms with Crippen molar-refractivity contribution in [3.63, 3.8) is 0 Å². The fourth-order valence-corrected chi connectivity index (χ4v) is 1.49. The van der Waals surface area contributed by atoms with E-state index in [-0.39, 0.29) is 5.56 Å². The lowest BCUT2D eigenvalue weighted by Crippen LogP contribution is -2.26. The fraction of sp³-hybridized carbons (Fsp3) is 0.333. The van der Waals surface area contributed by atoms with Crippen molar-refractivity contribution in [3.8, 4) is 0 Å². The molecule has 6 heteroatoms. The van der Waals surface area contributed by atoms with E-state index in [1.807, 2.05) is 0 Å². The number of methoxy groups -OCH3 is 1. The first-order valence-corrected chi connectivity index (χ1v) is 5.25. The summed E-state index contributed by atoms with van der Waals surface area (Å²) in [6.07, 6.45) is 0. The summed E-state index contributed by atoms with van der Waals surface area (Å²) in [5.74, 6) is -1.09. The number of nitrogens with zero attached hydrogens (tertiary/aromatic N) is 1. The van der Waals surface area contributed by atoms with Gasteiger partial charge in [-0.2, -0.15) is 0 Å². The van der Waals surface area contributed by atoms with Gasteiger partial charge >= 0.3 is 5.97 Å². The second-order valence-electron chi connectivity index (χ2n) is 3.85. The molecule has 18 heavy (non-hydrogen) atoms. The van der Waals surface area contributed by atoms with E-state index in [0.29, 0.717) is 11.1 Å². The molecule has 0 saturated heterocycles. The van der Waals surface area contributed by atoms with Gasteiger partial charge in [0.25, 0.3) is 6.04 Å². The van der Waals surface area contributed by atoms with Gasteiger partial charge in [0.05, 0.1) is 12.7 Å². The molecule has 0 radical (unpaired) electrons. The lowest BCUT2D eigenvalue weighted by Gasteiger charge is -2.07. The van der Waals surface area contributed by atoms with Crippen LogP contribution in [-0.4, -0.2) is 29.8 Å². The molecule has 1 unspecified atom stereocenters. The summed E-state index contributed by atoms with van der Waals surface area (Å²) in [6, 6.07) is 2.98. The molecule has 1 aromatic carbocycles.